The number of hydrogen-bond donors (Lipinski definition) is 6. The molecule has 0 saturated carbocycles. The second-order valence-corrected chi connectivity index (χ2v) is 12.7. The first-order valence-electron chi connectivity index (χ1n) is 12.6. The van der Waals surface area contributed by atoms with Crippen LogP contribution < -0.4 is 45.1 Å². The van der Waals surface area contributed by atoms with E-state index in [0.29, 0.717) is 0 Å². The van der Waals surface area contributed by atoms with Crippen LogP contribution in [0.3, 0.4) is 0 Å². The van der Waals surface area contributed by atoms with Crippen molar-refractivity contribution < 1.29 is 90.4 Å². The van der Waals surface area contributed by atoms with Gasteiger partial charge >= 0.3 is 34.5 Å². The number of ether oxygens (including phenoxy) is 2. The average Bonchev–Trinajstić information content (AvgIpc) is 3.61. The average molecular weight is 669 g/mol. The Kier molecular flexibility index (Phi) is 10.8. The van der Waals surface area contributed by atoms with E-state index in [-0.39, 0.29) is 41.4 Å². The summed E-state index contributed by atoms with van der Waals surface area (Å²) in [5, 5.41) is 45.9. The fourth-order valence-electron chi connectivity index (χ4n) is 4.54. The zero-order valence-corrected chi connectivity index (χ0v) is 24.9. The molecule has 0 aromatic carbocycles. The van der Waals surface area contributed by atoms with Crippen molar-refractivity contribution in [2.24, 2.45) is 5.73 Å². The Morgan fingerprint density at radius 3 is 2.38 bits per heavy atom. The Morgan fingerprint density at radius 2 is 1.71 bits per heavy atom. The van der Waals surface area contributed by atoms with E-state index < -0.39 is 83.8 Å². The van der Waals surface area contributed by atoms with Crippen LogP contribution in [0, 0.1) is 0 Å². The quantitative estimate of drug-likeness (QED) is 0.0627. The number of nitrogens with zero attached hydrogens (tertiary/aromatic N) is 5. The number of rotatable bonds is 11. The number of anilines is 1. The summed E-state index contributed by atoms with van der Waals surface area (Å²) in [4.78, 5) is 43.2. The van der Waals surface area contributed by atoms with Gasteiger partial charge < -0.3 is 51.2 Å². The SMILES string of the molecule is NC(=O)c1ccc[n+](C2OC(COP(=O)(O)OP(=O)(O)OCC3OC(n4cnc5c(N)ncnc54)C(O)C3O)C([O-])C2[O-])c1.[Li+]. The van der Waals surface area contributed by atoms with Gasteiger partial charge in [-0.1, -0.05) is 0 Å². The largest absolute Gasteiger partial charge is 1.00 e. The molecule has 2 saturated heterocycles. The van der Waals surface area contributed by atoms with Crippen molar-refractivity contribution in [3.05, 3.63) is 42.7 Å². The molecule has 0 radical (unpaired) electrons. The molecule has 2 aliphatic heterocycles. The summed E-state index contributed by atoms with van der Waals surface area (Å²) in [5.74, 6) is -0.757. The molecular formula is C21H26LiN7O14P2. The van der Waals surface area contributed by atoms with E-state index in [2.05, 4.69) is 28.3 Å². The first-order chi connectivity index (χ1) is 20.7. The summed E-state index contributed by atoms with van der Waals surface area (Å²) < 4.78 is 51.6. The number of nitrogen functional groups attached to an aromatic ring is 1. The van der Waals surface area contributed by atoms with Gasteiger partial charge in [0.1, 0.15) is 35.7 Å². The van der Waals surface area contributed by atoms with Crippen molar-refractivity contribution >= 4 is 38.5 Å². The Hall–Kier alpha value is -2.41. The number of amides is 1. The maximum absolute atomic E-state index is 12.5. The summed E-state index contributed by atoms with van der Waals surface area (Å²) in [6, 6.07) is 2.75. The fourth-order valence-corrected chi connectivity index (χ4v) is 6.64. The maximum Gasteiger partial charge on any atom is 1.00 e. The third-order valence-corrected chi connectivity index (χ3v) is 9.30. The van der Waals surface area contributed by atoms with Crippen LogP contribution in [0.25, 0.3) is 11.2 Å². The standard InChI is InChI=1S/C21H26N7O14P2.Li/c22-17-12-19(25-7-24-17)28(8-26-12)21-16(32)14(30)11(41-21)6-39-44(36,37)42-43(34,35)38-5-10-13(29)15(31)20(40-10)27-3-1-2-9(4-27)18(23)33;/h1-4,7-8,10-11,13-16,20-21,30,32H,5-6H2,(H2,23,33)(H,34,35)(H,36,37)(H2,22,24,25);/q-1;+1. The predicted molar refractivity (Wildman–Crippen MR) is 135 cm³/mol. The molecule has 45 heavy (non-hydrogen) atoms. The Bertz CT molecular complexity index is 1640. The molecule has 2 fully saturated rings. The fraction of sp³-hybridized carbons (Fsp3) is 0.476. The van der Waals surface area contributed by atoms with E-state index in [9.17, 15) is 44.1 Å². The molecule has 5 rings (SSSR count). The Balaban J connectivity index is 0.00000461. The number of aliphatic hydroxyl groups is 2. The number of carbonyl (C=O) groups excluding carboxylic acids is 1. The van der Waals surface area contributed by atoms with E-state index in [0.717, 1.165) is 10.9 Å². The van der Waals surface area contributed by atoms with Gasteiger partial charge in [0.2, 0.25) is 6.23 Å². The van der Waals surface area contributed by atoms with Crippen LogP contribution in [0.5, 0.6) is 0 Å². The molecule has 240 valence electrons. The minimum absolute atomic E-state index is 0. The van der Waals surface area contributed by atoms with Gasteiger partial charge in [-0.15, -0.1) is 6.10 Å². The number of fused-ring (bicyclic) bond motifs is 1. The second-order valence-electron chi connectivity index (χ2n) is 9.64. The molecule has 24 heteroatoms. The first-order valence-corrected chi connectivity index (χ1v) is 15.5. The molecule has 5 heterocycles. The molecule has 3 aromatic heterocycles. The minimum atomic E-state index is -5.42. The van der Waals surface area contributed by atoms with Gasteiger partial charge in [-0.2, -0.15) is 8.88 Å². The van der Waals surface area contributed by atoms with Crippen molar-refractivity contribution in [3.63, 3.8) is 0 Å². The zero-order valence-electron chi connectivity index (χ0n) is 23.2. The van der Waals surface area contributed by atoms with Crippen LogP contribution in [0.15, 0.2) is 37.2 Å². The number of primary amides is 1. The summed E-state index contributed by atoms with van der Waals surface area (Å²) in [6.45, 7) is -1.92. The van der Waals surface area contributed by atoms with Crippen LogP contribution in [-0.2, 0) is 32.0 Å². The van der Waals surface area contributed by atoms with E-state index in [4.69, 9.17) is 20.9 Å². The second kappa shape index (κ2) is 13.7. The number of carbonyl (C=O) groups is 1. The molecule has 3 aromatic rings. The number of phosphoric acid groups is 2. The van der Waals surface area contributed by atoms with Crippen molar-refractivity contribution in [1.29, 1.82) is 0 Å². The van der Waals surface area contributed by atoms with Gasteiger partial charge in [0.15, 0.2) is 30.1 Å². The van der Waals surface area contributed by atoms with Crippen molar-refractivity contribution in [2.45, 2.75) is 49.1 Å². The van der Waals surface area contributed by atoms with Gasteiger partial charge in [0.25, 0.3) is 5.91 Å². The molecule has 0 bridgehead atoms. The summed E-state index contributed by atoms with van der Waals surface area (Å²) >= 11 is 0. The van der Waals surface area contributed by atoms with Gasteiger partial charge in [0, 0.05) is 6.07 Å². The summed E-state index contributed by atoms with van der Waals surface area (Å²) in [7, 11) is -10.8. The van der Waals surface area contributed by atoms with Gasteiger partial charge in [-0.3, -0.25) is 18.4 Å². The molecule has 2 aliphatic rings. The van der Waals surface area contributed by atoms with E-state index in [1.54, 1.807) is 0 Å². The van der Waals surface area contributed by atoms with Crippen LogP contribution in [-0.4, -0.2) is 95.3 Å². The summed E-state index contributed by atoms with van der Waals surface area (Å²) in [6.07, 6.45) is -8.12. The normalized spacial score (nSPS) is 30.9. The number of imidazole rings is 1. The number of hydrogen-bond acceptors (Lipinski definition) is 16. The van der Waals surface area contributed by atoms with Gasteiger partial charge in [0.05, 0.1) is 25.6 Å². The van der Waals surface area contributed by atoms with Gasteiger partial charge in [-0.25, -0.2) is 24.1 Å². The molecule has 0 spiro atoms. The maximum atomic E-state index is 12.5. The molecular weight excluding hydrogens is 643 g/mol. The molecule has 1 amide bonds. The number of aliphatic hydroxyl groups excluding tert-OH is 2. The smallest absolute Gasteiger partial charge is 0.851 e. The molecule has 10 unspecified atom stereocenters. The zero-order chi connectivity index (χ0) is 32.0. The molecule has 21 nitrogen and oxygen atoms in total. The van der Waals surface area contributed by atoms with Gasteiger partial charge in [-0.05, 0) is 12.2 Å². The number of pyridine rings is 1. The predicted octanol–water partition coefficient (Wildman–Crippen LogP) is -7.28. The van der Waals surface area contributed by atoms with Crippen molar-refractivity contribution in [2.75, 3.05) is 18.9 Å². The van der Waals surface area contributed by atoms with E-state index >= 15 is 0 Å². The molecule has 0 aliphatic carbocycles. The van der Waals surface area contributed by atoms with E-state index in [1.807, 2.05) is 0 Å². The first kappa shape index (κ1) is 35.4. The molecule has 10 atom stereocenters. The minimum Gasteiger partial charge on any atom is -0.851 e. The third-order valence-electron chi connectivity index (χ3n) is 6.69. The third kappa shape index (κ3) is 7.60. The van der Waals surface area contributed by atoms with E-state index in [1.165, 1.54) is 35.4 Å². The number of aromatic nitrogens is 5. The van der Waals surface area contributed by atoms with Crippen LogP contribution >= 0.6 is 15.6 Å². The Morgan fingerprint density at radius 1 is 1.04 bits per heavy atom. The van der Waals surface area contributed by atoms with Crippen LogP contribution in [0.1, 0.15) is 22.8 Å². The topological polar surface area (TPSA) is 324 Å². The van der Waals surface area contributed by atoms with Crippen molar-refractivity contribution in [1.82, 2.24) is 19.5 Å². The van der Waals surface area contributed by atoms with Crippen LogP contribution in [0.4, 0.5) is 5.82 Å². The number of phosphoric ester groups is 2. The number of nitrogens with two attached hydrogens (primary N) is 2. The monoisotopic (exact) mass is 669 g/mol. The molecule has 8 N–H and O–H groups in total. The Labute approximate surface area is 264 Å². The summed E-state index contributed by atoms with van der Waals surface area (Å²) in [5.41, 5.74) is 11.3. The van der Waals surface area contributed by atoms with Crippen molar-refractivity contribution in [3.8, 4) is 0 Å². The van der Waals surface area contributed by atoms with Crippen LogP contribution in [0.2, 0.25) is 0 Å².